The Hall–Kier alpha value is -3.22. The maximum atomic E-state index is 12.9. The number of carbonyl (C=O) groups is 1. The van der Waals surface area contributed by atoms with Gasteiger partial charge in [0.15, 0.2) is 5.60 Å². The van der Waals surface area contributed by atoms with E-state index in [0.29, 0.717) is 22.1 Å². The van der Waals surface area contributed by atoms with Crippen LogP contribution in [0.2, 0.25) is 0 Å². The van der Waals surface area contributed by atoms with Crippen molar-refractivity contribution in [1.82, 2.24) is 0 Å². The number of carbonyl (C=O) groups excluding carboxylic acids is 1. The first-order valence-electron chi connectivity index (χ1n) is 8.88. The molecular formula is C23H20O5S. The van der Waals surface area contributed by atoms with Crippen LogP contribution >= 0.6 is 0 Å². The van der Waals surface area contributed by atoms with Crippen molar-refractivity contribution in [1.29, 1.82) is 0 Å². The van der Waals surface area contributed by atoms with Crippen LogP contribution in [0.15, 0.2) is 102 Å². The zero-order chi connectivity index (χ0) is 20.9. The fraction of sp³-hybridized carbons (Fsp3) is 0.0870. The van der Waals surface area contributed by atoms with Crippen molar-refractivity contribution in [3.8, 4) is 0 Å². The number of hydrogen-bond acceptors (Lipinski definition) is 4. The first kappa shape index (κ1) is 20.5. The molecule has 0 spiro atoms. The van der Waals surface area contributed by atoms with Gasteiger partial charge >= 0.3 is 5.97 Å². The molecule has 3 aromatic carbocycles. The van der Waals surface area contributed by atoms with Gasteiger partial charge in [0, 0.05) is 22.3 Å². The molecule has 0 aromatic heterocycles. The first-order valence-corrected chi connectivity index (χ1v) is 10.4. The molecule has 3 rings (SSSR count). The number of ether oxygens (including phenoxy) is 1. The second-order valence-electron chi connectivity index (χ2n) is 6.48. The van der Waals surface area contributed by atoms with E-state index in [1.54, 1.807) is 0 Å². The Morgan fingerprint density at radius 1 is 0.793 bits per heavy atom. The summed E-state index contributed by atoms with van der Waals surface area (Å²) in [6.45, 7) is 1.28. The lowest BCUT2D eigenvalue weighted by Gasteiger charge is -2.35. The Balaban J connectivity index is 2.26. The summed E-state index contributed by atoms with van der Waals surface area (Å²) in [5, 5.41) is 0.487. The SMILES string of the molecule is CC(=CS(=O)(=O)O)C(=O)OC(c1ccccc1)(c1ccccc1)c1ccccc1. The summed E-state index contributed by atoms with van der Waals surface area (Å²) in [5.74, 6) is -0.862. The maximum Gasteiger partial charge on any atom is 0.336 e. The monoisotopic (exact) mass is 408 g/mol. The molecule has 0 bridgehead atoms. The molecule has 0 heterocycles. The molecule has 0 aliphatic heterocycles. The third-order valence-corrected chi connectivity index (χ3v) is 5.09. The Labute approximate surface area is 170 Å². The highest BCUT2D eigenvalue weighted by molar-refractivity contribution is 7.88. The van der Waals surface area contributed by atoms with Crippen LogP contribution in [0.5, 0.6) is 0 Å². The smallest absolute Gasteiger partial charge is 0.336 e. The molecule has 5 nitrogen and oxygen atoms in total. The van der Waals surface area contributed by atoms with E-state index >= 15 is 0 Å². The zero-order valence-electron chi connectivity index (χ0n) is 15.7. The van der Waals surface area contributed by atoms with Crippen LogP contribution in [0.25, 0.3) is 0 Å². The van der Waals surface area contributed by atoms with E-state index in [4.69, 9.17) is 9.29 Å². The lowest BCUT2D eigenvalue weighted by molar-refractivity contribution is -0.148. The van der Waals surface area contributed by atoms with Crippen molar-refractivity contribution in [2.24, 2.45) is 0 Å². The van der Waals surface area contributed by atoms with E-state index < -0.39 is 21.7 Å². The van der Waals surface area contributed by atoms with E-state index in [1.165, 1.54) is 6.92 Å². The highest BCUT2D eigenvalue weighted by Crippen LogP contribution is 2.40. The van der Waals surface area contributed by atoms with Crippen LogP contribution in [0.1, 0.15) is 23.6 Å². The molecule has 0 radical (unpaired) electrons. The van der Waals surface area contributed by atoms with E-state index in [-0.39, 0.29) is 5.57 Å². The van der Waals surface area contributed by atoms with Crippen LogP contribution in [-0.4, -0.2) is 18.9 Å². The van der Waals surface area contributed by atoms with E-state index in [2.05, 4.69) is 0 Å². The molecule has 6 heteroatoms. The van der Waals surface area contributed by atoms with Gasteiger partial charge in [-0.3, -0.25) is 4.55 Å². The summed E-state index contributed by atoms with van der Waals surface area (Å²) < 4.78 is 37.5. The quantitative estimate of drug-likeness (QED) is 0.284. The Morgan fingerprint density at radius 3 is 1.45 bits per heavy atom. The van der Waals surface area contributed by atoms with Gasteiger partial charge in [-0.25, -0.2) is 4.79 Å². The average Bonchev–Trinajstić information content (AvgIpc) is 2.72. The maximum absolute atomic E-state index is 12.9. The molecule has 148 valence electrons. The zero-order valence-corrected chi connectivity index (χ0v) is 16.5. The van der Waals surface area contributed by atoms with Gasteiger partial charge in [0.05, 0.1) is 5.41 Å². The minimum absolute atomic E-state index is 0.236. The molecule has 0 saturated carbocycles. The molecule has 0 aliphatic carbocycles. The molecule has 1 N–H and O–H groups in total. The van der Waals surface area contributed by atoms with E-state index in [0.717, 1.165) is 0 Å². The van der Waals surface area contributed by atoms with Gasteiger partial charge in [-0.1, -0.05) is 91.0 Å². The summed E-state index contributed by atoms with van der Waals surface area (Å²) in [7, 11) is -4.48. The topological polar surface area (TPSA) is 80.7 Å². The van der Waals surface area contributed by atoms with E-state index in [1.807, 2.05) is 91.0 Å². The fourth-order valence-electron chi connectivity index (χ4n) is 3.19. The summed E-state index contributed by atoms with van der Waals surface area (Å²) in [4.78, 5) is 12.9. The number of rotatable bonds is 6. The molecular weight excluding hydrogens is 388 g/mol. The van der Waals surface area contributed by atoms with Gasteiger partial charge in [0.2, 0.25) is 0 Å². The molecule has 0 saturated heterocycles. The summed E-state index contributed by atoms with van der Waals surface area (Å²) in [5.41, 5.74) is 0.552. The molecule has 29 heavy (non-hydrogen) atoms. The number of hydrogen-bond donors (Lipinski definition) is 1. The van der Waals surface area contributed by atoms with Crippen LogP contribution in [-0.2, 0) is 25.3 Å². The highest BCUT2D eigenvalue weighted by atomic mass is 32.2. The lowest BCUT2D eigenvalue weighted by atomic mass is 9.80. The molecule has 0 amide bonds. The predicted molar refractivity (Wildman–Crippen MR) is 111 cm³/mol. The van der Waals surface area contributed by atoms with Gasteiger partial charge in [-0.05, 0) is 6.92 Å². The van der Waals surface area contributed by atoms with Gasteiger partial charge in [0.1, 0.15) is 0 Å². The second-order valence-corrected chi connectivity index (χ2v) is 7.75. The molecule has 0 aliphatic rings. The van der Waals surface area contributed by atoms with Crippen molar-refractivity contribution in [2.45, 2.75) is 12.5 Å². The van der Waals surface area contributed by atoms with Crippen LogP contribution in [0.3, 0.4) is 0 Å². The van der Waals surface area contributed by atoms with Crippen LogP contribution in [0.4, 0.5) is 0 Å². The van der Waals surface area contributed by atoms with Crippen molar-refractivity contribution in [3.05, 3.63) is 119 Å². The van der Waals surface area contributed by atoms with Crippen LogP contribution in [0, 0.1) is 0 Å². The first-order chi connectivity index (χ1) is 13.8. The summed E-state index contributed by atoms with van der Waals surface area (Å²) in [6.07, 6.45) is 0. The van der Waals surface area contributed by atoms with Gasteiger partial charge < -0.3 is 4.74 Å². The average molecular weight is 408 g/mol. The summed E-state index contributed by atoms with van der Waals surface area (Å²) >= 11 is 0. The number of benzene rings is 3. The van der Waals surface area contributed by atoms with Gasteiger partial charge in [-0.2, -0.15) is 8.42 Å². The Bertz CT molecular complexity index is 1010. The lowest BCUT2D eigenvalue weighted by Crippen LogP contribution is -2.35. The fourth-order valence-corrected chi connectivity index (χ4v) is 3.73. The van der Waals surface area contributed by atoms with Gasteiger partial charge in [0.25, 0.3) is 10.1 Å². The van der Waals surface area contributed by atoms with E-state index in [9.17, 15) is 13.2 Å². The van der Waals surface area contributed by atoms with Crippen LogP contribution < -0.4 is 0 Å². The molecule has 0 atom stereocenters. The van der Waals surface area contributed by atoms with Crippen molar-refractivity contribution >= 4 is 16.1 Å². The molecule has 0 unspecified atom stereocenters. The largest absolute Gasteiger partial charge is 0.441 e. The van der Waals surface area contributed by atoms with Crippen molar-refractivity contribution in [2.75, 3.05) is 0 Å². The minimum atomic E-state index is -4.48. The van der Waals surface area contributed by atoms with Crippen molar-refractivity contribution in [3.63, 3.8) is 0 Å². The van der Waals surface area contributed by atoms with Gasteiger partial charge in [-0.15, -0.1) is 0 Å². The second kappa shape index (κ2) is 8.43. The normalized spacial score (nSPS) is 12.4. The third kappa shape index (κ3) is 4.62. The van der Waals surface area contributed by atoms with Crippen molar-refractivity contribution < 1.29 is 22.5 Å². The predicted octanol–water partition coefficient (Wildman–Crippen LogP) is 4.31. The Kier molecular flexibility index (Phi) is 5.96. The molecule has 3 aromatic rings. The third-order valence-electron chi connectivity index (χ3n) is 4.43. The molecule has 0 fully saturated rings. The highest BCUT2D eigenvalue weighted by Gasteiger charge is 2.40. The summed E-state index contributed by atoms with van der Waals surface area (Å²) in [6, 6.07) is 27.7. The minimum Gasteiger partial charge on any atom is -0.441 e. The number of esters is 1. The Morgan fingerprint density at radius 2 is 1.14 bits per heavy atom. The standard InChI is InChI=1S/C23H20O5S/c1-18(17-29(25,26)27)22(24)28-23(19-11-5-2-6-12-19,20-13-7-3-8-14-20)21-15-9-4-10-16-21/h2-17H,1H3,(H,25,26,27).